The number of aromatic hydroxyl groups is 1. The number of allylic oxidation sites excluding steroid dienone is 6. The fourth-order valence-corrected chi connectivity index (χ4v) is 6.73. The Bertz CT molecular complexity index is 1600. The molecular weight excluding hydrogens is 513 g/mol. The molecule has 2 amide bonds. The van der Waals surface area contributed by atoms with Crippen LogP contribution < -0.4 is 15.1 Å². The van der Waals surface area contributed by atoms with Gasteiger partial charge >= 0.3 is 7.12 Å². The molecular formula is C30H26BNO8. The highest BCUT2D eigenvalue weighted by Crippen LogP contribution is 2.55. The van der Waals surface area contributed by atoms with Gasteiger partial charge in [0.15, 0.2) is 23.1 Å². The Morgan fingerprint density at radius 1 is 1.00 bits per heavy atom. The topological polar surface area (TPSA) is 141 Å². The van der Waals surface area contributed by atoms with Gasteiger partial charge in [-0.05, 0) is 67.1 Å². The lowest BCUT2D eigenvalue weighted by molar-refractivity contribution is -0.123. The summed E-state index contributed by atoms with van der Waals surface area (Å²) in [6.07, 6.45) is 3.63. The molecule has 202 valence electrons. The molecule has 0 bridgehead atoms. The van der Waals surface area contributed by atoms with Gasteiger partial charge in [0.05, 0.1) is 24.6 Å². The molecule has 2 aromatic carbocycles. The van der Waals surface area contributed by atoms with Gasteiger partial charge in [-0.25, -0.2) is 0 Å². The number of carbonyl (C=O) groups excluding carboxylic acids is 4. The number of nitrogens with zero attached hydrogens (tertiary/aromatic N) is 1. The van der Waals surface area contributed by atoms with Crippen LogP contribution in [0.3, 0.4) is 0 Å². The van der Waals surface area contributed by atoms with Crippen LogP contribution in [0.4, 0.5) is 5.69 Å². The molecule has 2 aromatic rings. The molecule has 9 nitrogen and oxygen atoms in total. The van der Waals surface area contributed by atoms with Crippen LogP contribution in [-0.2, 0) is 19.2 Å². The number of phenolic OH excluding ortho intramolecular Hbond substituents is 1. The van der Waals surface area contributed by atoms with Crippen molar-refractivity contribution in [3.8, 4) is 11.5 Å². The standard InChI is InChI=1S/C30H26BNO8/c1-14-10-23(34)27-21(28(14)35)13-20-18(25(27)15-6-9-24(40-2)22(33)11-15)7-8-19-26(20)30(37)32(29(19)36)17-5-3-4-16(12-17)31(38)39/h3-7,9-12,19-20,25-26,33,38-39H,8,13H2,1-2H3. The van der Waals surface area contributed by atoms with E-state index in [-0.39, 0.29) is 47.1 Å². The maximum Gasteiger partial charge on any atom is 0.488 e. The first kappa shape index (κ1) is 26.0. The van der Waals surface area contributed by atoms with Crippen LogP contribution in [0.25, 0.3) is 0 Å². The SMILES string of the molecule is COc1ccc(C2C3=CCC4C(=O)N(c5cccc(B(O)O)c5)C(=O)C4C3CC3=C2C(=O)C=C(C)C3=O)cc1O. The van der Waals surface area contributed by atoms with Crippen LogP contribution in [0, 0.1) is 17.8 Å². The summed E-state index contributed by atoms with van der Waals surface area (Å²) in [6.45, 7) is 1.59. The zero-order valence-electron chi connectivity index (χ0n) is 21.8. The Morgan fingerprint density at radius 3 is 2.48 bits per heavy atom. The molecule has 3 aliphatic carbocycles. The molecule has 4 aliphatic rings. The summed E-state index contributed by atoms with van der Waals surface area (Å²) in [4.78, 5) is 55.4. The van der Waals surface area contributed by atoms with E-state index in [1.54, 1.807) is 31.2 Å². The highest BCUT2D eigenvalue weighted by Gasteiger charge is 2.56. The first-order valence-electron chi connectivity index (χ1n) is 13.0. The van der Waals surface area contributed by atoms with E-state index < -0.39 is 42.6 Å². The highest BCUT2D eigenvalue weighted by atomic mass is 16.5. The van der Waals surface area contributed by atoms with Crippen LogP contribution in [0.15, 0.2) is 76.9 Å². The molecule has 1 heterocycles. The zero-order valence-corrected chi connectivity index (χ0v) is 21.8. The predicted octanol–water partition coefficient (Wildman–Crippen LogP) is 1.71. The van der Waals surface area contributed by atoms with Crippen LogP contribution in [0.5, 0.6) is 11.5 Å². The van der Waals surface area contributed by atoms with Gasteiger partial charge < -0.3 is 19.9 Å². The molecule has 4 atom stereocenters. The van der Waals surface area contributed by atoms with Gasteiger partial charge in [0.25, 0.3) is 0 Å². The highest BCUT2D eigenvalue weighted by molar-refractivity contribution is 6.58. The lowest BCUT2D eigenvalue weighted by Gasteiger charge is -2.42. The maximum atomic E-state index is 14.0. The average Bonchev–Trinajstić information content (AvgIpc) is 3.20. The lowest BCUT2D eigenvalue weighted by atomic mass is 9.59. The van der Waals surface area contributed by atoms with Crippen molar-refractivity contribution in [2.75, 3.05) is 12.0 Å². The summed E-state index contributed by atoms with van der Waals surface area (Å²) in [6, 6.07) is 10.8. The van der Waals surface area contributed by atoms with Crippen LogP contribution >= 0.6 is 0 Å². The summed E-state index contributed by atoms with van der Waals surface area (Å²) in [7, 11) is -0.335. The number of methoxy groups -OCH3 is 1. The number of anilines is 1. The van der Waals surface area contributed by atoms with Gasteiger partial charge in [-0.2, -0.15) is 0 Å². The van der Waals surface area contributed by atoms with Gasteiger partial charge in [0, 0.05) is 22.6 Å². The summed E-state index contributed by atoms with van der Waals surface area (Å²) >= 11 is 0. The number of Topliss-reactive ketones (excluding diaryl/α,β-unsaturated/α-hetero) is 1. The van der Waals surface area contributed by atoms with Gasteiger partial charge in [-0.3, -0.25) is 24.1 Å². The number of imide groups is 1. The van der Waals surface area contributed by atoms with E-state index in [0.29, 0.717) is 22.3 Å². The Balaban J connectivity index is 1.47. The number of hydrogen-bond acceptors (Lipinski definition) is 8. The van der Waals surface area contributed by atoms with Crippen LogP contribution in [0.2, 0.25) is 0 Å². The number of phenols is 1. The first-order valence-corrected chi connectivity index (χ1v) is 13.0. The van der Waals surface area contributed by atoms with Gasteiger partial charge in [-0.15, -0.1) is 0 Å². The van der Waals surface area contributed by atoms with Crippen molar-refractivity contribution in [1.29, 1.82) is 0 Å². The Hall–Kier alpha value is -4.28. The third kappa shape index (κ3) is 3.78. The van der Waals surface area contributed by atoms with E-state index in [1.807, 2.05) is 6.08 Å². The summed E-state index contributed by atoms with van der Waals surface area (Å²) in [5.74, 6) is -3.89. The van der Waals surface area contributed by atoms with Crippen LogP contribution in [-0.4, -0.2) is 52.8 Å². The quantitative estimate of drug-likeness (QED) is 0.231. The second-order valence-electron chi connectivity index (χ2n) is 10.6. The minimum atomic E-state index is -1.76. The Kier molecular flexibility index (Phi) is 6.12. The molecule has 1 fully saturated rings. The fraction of sp³-hybridized carbons (Fsp3) is 0.267. The van der Waals surface area contributed by atoms with Crippen molar-refractivity contribution < 1.29 is 39.1 Å². The molecule has 10 heteroatoms. The van der Waals surface area contributed by atoms with E-state index in [2.05, 4.69) is 0 Å². The van der Waals surface area contributed by atoms with Gasteiger partial charge in [0.1, 0.15) is 0 Å². The second kappa shape index (κ2) is 9.43. The summed E-state index contributed by atoms with van der Waals surface area (Å²) in [5, 5.41) is 29.8. The third-order valence-electron chi connectivity index (χ3n) is 8.53. The van der Waals surface area contributed by atoms with E-state index in [9.17, 15) is 34.3 Å². The lowest BCUT2D eigenvalue weighted by Crippen LogP contribution is -2.40. The number of fused-ring (bicyclic) bond motifs is 3. The molecule has 1 aliphatic heterocycles. The number of benzene rings is 2. The van der Waals surface area contributed by atoms with Crippen molar-refractivity contribution in [2.24, 2.45) is 17.8 Å². The van der Waals surface area contributed by atoms with E-state index in [1.165, 1.54) is 31.4 Å². The third-order valence-corrected chi connectivity index (χ3v) is 8.53. The van der Waals surface area contributed by atoms with E-state index >= 15 is 0 Å². The number of rotatable bonds is 4. The minimum Gasteiger partial charge on any atom is -0.504 e. The number of amides is 2. The number of ketones is 2. The fourth-order valence-electron chi connectivity index (χ4n) is 6.73. The van der Waals surface area contributed by atoms with Gasteiger partial charge in [0.2, 0.25) is 11.8 Å². The van der Waals surface area contributed by atoms with Crippen molar-refractivity contribution in [3.05, 3.63) is 82.5 Å². The number of ether oxygens (including phenoxy) is 1. The van der Waals surface area contributed by atoms with Crippen molar-refractivity contribution >= 4 is 41.6 Å². The molecule has 4 unspecified atom stereocenters. The van der Waals surface area contributed by atoms with E-state index in [0.717, 1.165) is 10.5 Å². The van der Waals surface area contributed by atoms with Crippen LogP contribution in [0.1, 0.15) is 31.2 Å². The first-order chi connectivity index (χ1) is 19.1. The molecule has 0 spiro atoms. The second-order valence-corrected chi connectivity index (χ2v) is 10.6. The summed E-state index contributed by atoms with van der Waals surface area (Å²) in [5.41, 5.74) is 2.71. The zero-order chi connectivity index (χ0) is 28.5. The number of hydrogen-bond donors (Lipinski definition) is 3. The molecule has 0 saturated carbocycles. The number of carbonyl (C=O) groups is 4. The Labute approximate surface area is 230 Å². The molecule has 0 radical (unpaired) electrons. The van der Waals surface area contributed by atoms with Crippen molar-refractivity contribution in [1.82, 2.24) is 0 Å². The Morgan fingerprint density at radius 2 is 1.77 bits per heavy atom. The smallest absolute Gasteiger partial charge is 0.488 e. The summed E-state index contributed by atoms with van der Waals surface area (Å²) < 4.78 is 5.19. The molecule has 6 rings (SSSR count). The van der Waals surface area contributed by atoms with Crippen molar-refractivity contribution in [3.63, 3.8) is 0 Å². The predicted molar refractivity (Wildman–Crippen MR) is 145 cm³/mol. The molecule has 3 N–H and O–H groups in total. The van der Waals surface area contributed by atoms with E-state index in [4.69, 9.17) is 4.74 Å². The maximum absolute atomic E-state index is 14.0. The largest absolute Gasteiger partial charge is 0.504 e. The normalized spacial score (nSPS) is 25.8. The van der Waals surface area contributed by atoms with Crippen molar-refractivity contribution in [2.45, 2.75) is 25.7 Å². The minimum absolute atomic E-state index is 0.121. The molecule has 0 aromatic heterocycles. The molecule has 1 saturated heterocycles. The van der Waals surface area contributed by atoms with Gasteiger partial charge in [-0.1, -0.05) is 29.8 Å². The monoisotopic (exact) mass is 539 g/mol. The molecule has 40 heavy (non-hydrogen) atoms. The average molecular weight is 539 g/mol.